The summed E-state index contributed by atoms with van der Waals surface area (Å²) in [5.41, 5.74) is 11.9. The van der Waals surface area contributed by atoms with Gasteiger partial charge in [-0.2, -0.15) is 0 Å². The Balaban J connectivity index is 2.21. The molecule has 22 heavy (non-hydrogen) atoms. The molecule has 0 aliphatic rings. The van der Waals surface area contributed by atoms with E-state index in [1.807, 2.05) is 24.3 Å². The molecule has 1 heterocycles. The van der Waals surface area contributed by atoms with Crippen LogP contribution >= 0.6 is 11.6 Å². The first kappa shape index (κ1) is 14.8. The molecule has 0 aliphatic carbocycles. The van der Waals surface area contributed by atoms with Gasteiger partial charge < -0.3 is 5.73 Å². The number of aromatic nitrogens is 3. The van der Waals surface area contributed by atoms with E-state index in [0.29, 0.717) is 11.6 Å². The van der Waals surface area contributed by atoms with E-state index >= 15 is 0 Å². The Morgan fingerprint density at radius 1 is 1.09 bits per heavy atom. The van der Waals surface area contributed by atoms with Gasteiger partial charge in [-0.15, -0.1) is 5.10 Å². The molecular formula is C17H17ClN4. The highest BCUT2D eigenvalue weighted by Gasteiger charge is 2.16. The summed E-state index contributed by atoms with van der Waals surface area (Å²) in [4.78, 5) is 0. The third kappa shape index (κ3) is 2.63. The normalized spacial score (nSPS) is 10.9. The average molecular weight is 313 g/mol. The van der Waals surface area contributed by atoms with Gasteiger partial charge in [-0.1, -0.05) is 35.0 Å². The number of benzene rings is 2. The summed E-state index contributed by atoms with van der Waals surface area (Å²) >= 11 is 6.09. The molecule has 4 nitrogen and oxygen atoms in total. The Hall–Kier alpha value is -2.17. The van der Waals surface area contributed by atoms with Gasteiger partial charge in [0, 0.05) is 17.1 Å². The zero-order valence-electron chi connectivity index (χ0n) is 12.5. The first-order valence-corrected chi connectivity index (χ1v) is 7.46. The topological polar surface area (TPSA) is 56.7 Å². The van der Waals surface area contributed by atoms with Gasteiger partial charge in [0.15, 0.2) is 0 Å². The molecule has 0 bridgehead atoms. The molecule has 0 spiro atoms. The maximum Gasteiger partial charge on any atom is 0.105 e. The van der Waals surface area contributed by atoms with E-state index in [1.165, 1.54) is 11.1 Å². The van der Waals surface area contributed by atoms with Crippen molar-refractivity contribution in [3.05, 3.63) is 64.3 Å². The van der Waals surface area contributed by atoms with Crippen molar-refractivity contribution >= 4 is 11.6 Å². The van der Waals surface area contributed by atoms with Crippen LogP contribution in [0.4, 0.5) is 0 Å². The van der Waals surface area contributed by atoms with Crippen molar-refractivity contribution in [2.24, 2.45) is 5.73 Å². The molecule has 0 fully saturated rings. The number of rotatable bonds is 3. The van der Waals surface area contributed by atoms with Gasteiger partial charge in [0.1, 0.15) is 5.69 Å². The lowest BCUT2D eigenvalue weighted by Gasteiger charge is -2.10. The maximum absolute atomic E-state index is 6.09. The summed E-state index contributed by atoms with van der Waals surface area (Å²) in [5, 5.41) is 9.13. The third-order valence-corrected chi connectivity index (χ3v) is 4.00. The predicted molar refractivity (Wildman–Crippen MR) is 89.2 cm³/mol. The van der Waals surface area contributed by atoms with Gasteiger partial charge in [-0.25, -0.2) is 4.68 Å². The Morgan fingerprint density at radius 3 is 2.59 bits per heavy atom. The minimum absolute atomic E-state index is 0.336. The second-order valence-corrected chi connectivity index (χ2v) is 5.72. The van der Waals surface area contributed by atoms with Crippen molar-refractivity contribution in [3.63, 3.8) is 0 Å². The molecule has 112 valence electrons. The Morgan fingerprint density at radius 2 is 1.91 bits per heavy atom. The van der Waals surface area contributed by atoms with Crippen molar-refractivity contribution < 1.29 is 0 Å². The molecule has 0 saturated carbocycles. The summed E-state index contributed by atoms with van der Waals surface area (Å²) < 4.78 is 1.79. The maximum atomic E-state index is 6.09. The van der Waals surface area contributed by atoms with Gasteiger partial charge in [0.25, 0.3) is 0 Å². The summed E-state index contributed by atoms with van der Waals surface area (Å²) in [5.74, 6) is 0. The quantitative estimate of drug-likeness (QED) is 0.803. The Labute approximate surface area is 134 Å². The minimum atomic E-state index is 0.336. The van der Waals surface area contributed by atoms with E-state index in [4.69, 9.17) is 17.3 Å². The molecular weight excluding hydrogens is 296 g/mol. The van der Waals surface area contributed by atoms with Crippen LogP contribution in [-0.4, -0.2) is 15.0 Å². The third-order valence-electron chi connectivity index (χ3n) is 3.77. The van der Waals surface area contributed by atoms with E-state index in [2.05, 4.69) is 42.4 Å². The lowest BCUT2D eigenvalue weighted by molar-refractivity contribution is 0.800. The van der Waals surface area contributed by atoms with Gasteiger partial charge in [-0.3, -0.25) is 0 Å². The van der Waals surface area contributed by atoms with Crippen molar-refractivity contribution in [1.29, 1.82) is 0 Å². The van der Waals surface area contributed by atoms with Crippen LogP contribution in [0.3, 0.4) is 0 Å². The summed E-state index contributed by atoms with van der Waals surface area (Å²) in [7, 11) is 0. The number of halogens is 1. The summed E-state index contributed by atoms with van der Waals surface area (Å²) in [6.07, 6.45) is 0. The van der Waals surface area contributed by atoms with Crippen LogP contribution < -0.4 is 5.73 Å². The van der Waals surface area contributed by atoms with Gasteiger partial charge >= 0.3 is 0 Å². The number of nitrogens with two attached hydrogens (primary N) is 1. The monoisotopic (exact) mass is 312 g/mol. The molecule has 3 aromatic rings. The molecule has 1 aromatic heterocycles. The van der Waals surface area contributed by atoms with E-state index in [1.54, 1.807) is 4.68 Å². The van der Waals surface area contributed by atoms with Crippen molar-refractivity contribution in [3.8, 4) is 16.9 Å². The minimum Gasteiger partial charge on any atom is -0.325 e. The SMILES string of the molecule is Cc1ccc(-c2c(CN)nnn2-c2cccc(Cl)c2)cc1C. The number of nitrogens with zero attached hydrogens (tertiary/aromatic N) is 3. The van der Waals surface area contributed by atoms with Crippen molar-refractivity contribution in [1.82, 2.24) is 15.0 Å². The van der Waals surface area contributed by atoms with Crippen LogP contribution in [0.25, 0.3) is 16.9 Å². The van der Waals surface area contributed by atoms with Crippen LogP contribution in [0.2, 0.25) is 5.02 Å². The molecule has 0 unspecified atom stereocenters. The van der Waals surface area contributed by atoms with Crippen molar-refractivity contribution in [2.45, 2.75) is 20.4 Å². The molecule has 3 rings (SSSR count). The molecule has 5 heteroatoms. The largest absolute Gasteiger partial charge is 0.325 e. The second kappa shape index (κ2) is 5.91. The Kier molecular flexibility index (Phi) is 3.96. The van der Waals surface area contributed by atoms with E-state index < -0.39 is 0 Å². The van der Waals surface area contributed by atoms with E-state index in [-0.39, 0.29) is 0 Å². The summed E-state index contributed by atoms with van der Waals surface area (Å²) in [6, 6.07) is 13.8. The van der Waals surface area contributed by atoms with E-state index in [9.17, 15) is 0 Å². The van der Waals surface area contributed by atoms with Crippen LogP contribution in [0.15, 0.2) is 42.5 Å². The molecule has 0 amide bonds. The molecule has 2 N–H and O–H groups in total. The number of aryl methyl sites for hydroxylation is 2. The molecule has 0 aliphatic heterocycles. The highest BCUT2D eigenvalue weighted by atomic mass is 35.5. The molecule has 0 radical (unpaired) electrons. The number of hydrogen-bond acceptors (Lipinski definition) is 3. The fourth-order valence-electron chi connectivity index (χ4n) is 2.42. The lowest BCUT2D eigenvalue weighted by Crippen LogP contribution is -2.03. The molecule has 2 aromatic carbocycles. The fourth-order valence-corrected chi connectivity index (χ4v) is 2.60. The van der Waals surface area contributed by atoms with E-state index in [0.717, 1.165) is 22.6 Å². The highest BCUT2D eigenvalue weighted by molar-refractivity contribution is 6.30. The average Bonchev–Trinajstić information content (AvgIpc) is 2.94. The van der Waals surface area contributed by atoms with Crippen LogP contribution in [0.5, 0.6) is 0 Å². The standard InChI is InChI=1S/C17H17ClN4/c1-11-6-7-13(8-12(11)2)17-16(10-19)20-21-22(17)15-5-3-4-14(18)9-15/h3-9H,10,19H2,1-2H3. The zero-order chi connectivity index (χ0) is 15.7. The predicted octanol–water partition coefficient (Wildman–Crippen LogP) is 3.66. The van der Waals surface area contributed by atoms with Crippen LogP contribution in [-0.2, 0) is 6.54 Å². The first-order valence-electron chi connectivity index (χ1n) is 7.08. The number of hydrogen-bond donors (Lipinski definition) is 1. The van der Waals surface area contributed by atoms with Crippen LogP contribution in [0, 0.1) is 13.8 Å². The first-order chi connectivity index (χ1) is 10.6. The van der Waals surface area contributed by atoms with Crippen LogP contribution in [0.1, 0.15) is 16.8 Å². The lowest BCUT2D eigenvalue weighted by atomic mass is 10.0. The van der Waals surface area contributed by atoms with Gasteiger partial charge in [-0.05, 0) is 49.2 Å². The van der Waals surface area contributed by atoms with Gasteiger partial charge in [0.05, 0.1) is 11.4 Å². The molecule has 0 atom stereocenters. The summed E-state index contributed by atoms with van der Waals surface area (Å²) in [6.45, 7) is 4.52. The molecule has 0 saturated heterocycles. The zero-order valence-corrected chi connectivity index (χ0v) is 13.3. The second-order valence-electron chi connectivity index (χ2n) is 5.28. The van der Waals surface area contributed by atoms with Crippen molar-refractivity contribution in [2.75, 3.05) is 0 Å². The highest BCUT2D eigenvalue weighted by Crippen LogP contribution is 2.27. The smallest absolute Gasteiger partial charge is 0.105 e. The fraction of sp³-hybridized carbons (Fsp3) is 0.176. The Bertz CT molecular complexity index is 823. The van der Waals surface area contributed by atoms with Gasteiger partial charge in [0.2, 0.25) is 0 Å².